The Kier molecular flexibility index (Phi) is 3.24. The van der Waals surface area contributed by atoms with Crippen molar-refractivity contribution in [1.82, 2.24) is 9.88 Å². The third kappa shape index (κ3) is 2.24. The van der Waals surface area contributed by atoms with Gasteiger partial charge in [-0.25, -0.2) is 4.98 Å². The maximum Gasteiger partial charge on any atom is 0.309 e. The fourth-order valence-electron chi connectivity index (χ4n) is 1.91. The van der Waals surface area contributed by atoms with Gasteiger partial charge >= 0.3 is 5.91 Å². The molecule has 1 aliphatic heterocycles. The van der Waals surface area contributed by atoms with Crippen molar-refractivity contribution >= 4 is 5.91 Å². The summed E-state index contributed by atoms with van der Waals surface area (Å²) in [4.78, 5) is 17.6. The zero-order valence-corrected chi connectivity index (χ0v) is 9.35. The van der Waals surface area contributed by atoms with Crippen molar-refractivity contribution in [1.29, 1.82) is 0 Å². The first-order valence-electron chi connectivity index (χ1n) is 5.53. The molecule has 0 unspecified atom stereocenters. The fraction of sp³-hybridized carbons (Fsp3) is 0.636. The second-order valence-corrected chi connectivity index (χ2v) is 4.19. The smallest absolute Gasteiger partial charge is 0.309 e. The van der Waals surface area contributed by atoms with Crippen LogP contribution >= 0.6 is 0 Å². The molecule has 0 saturated carbocycles. The van der Waals surface area contributed by atoms with Crippen LogP contribution < -0.4 is 0 Å². The zero-order chi connectivity index (χ0) is 11.5. The number of rotatable bonds is 2. The normalized spacial score (nSPS) is 17.8. The minimum absolute atomic E-state index is 0.149. The average molecular weight is 224 g/mol. The van der Waals surface area contributed by atoms with Gasteiger partial charge in [-0.1, -0.05) is 0 Å². The number of carbonyl (C=O) groups excluding carboxylic acids is 1. The van der Waals surface area contributed by atoms with Crippen LogP contribution in [0, 0.1) is 12.8 Å². The van der Waals surface area contributed by atoms with Crippen molar-refractivity contribution in [2.75, 3.05) is 19.7 Å². The summed E-state index contributed by atoms with van der Waals surface area (Å²) in [6.45, 7) is 3.32. The first-order chi connectivity index (χ1) is 7.70. The Morgan fingerprint density at radius 3 is 2.81 bits per heavy atom. The largest absolute Gasteiger partial charge is 0.438 e. The quantitative estimate of drug-likeness (QED) is 0.808. The highest BCUT2D eigenvalue weighted by atomic mass is 16.4. The second-order valence-electron chi connectivity index (χ2n) is 4.19. The Morgan fingerprint density at radius 2 is 2.31 bits per heavy atom. The van der Waals surface area contributed by atoms with E-state index < -0.39 is 0 Å². The molecule has 5 heteroatoms. The molecule has 1 aliphatic rings. The van der Waals surface area contributed by atoms with Crippen LogP contribution in [0.4, 0.5) is 0 Å². The van der Waals surface area contributed by atoms with Crippen molar-refractivity contribution < 1.29 is 14.3 Å². The van der Waals surface area contributed by atoms with E-state index in [1.54, 1.807) is 18.0 Å². The lowest BCUT2D eigenvalue weighted by atomic mass is 9.98. The zero-order valence-electron chi connectivity index (χ0n) is 9.35. The number of carbonyl (C=O) groups is 1. The highest BCUT2D eigenvalue weighted by molar-refractivity contribution is 5.89. The van der Waals surface area contributed by atoms with E-state index in [9.17, 15) is 4.79 Å². The standard InChI is InChI=1S/C11H16N2O3/c1-8-6-12-10(16-8)11(15)13-4-2-9(7-14)3-5-13/h6,9,14H,2-5,7H2,1H3. The first kappa shape index (κ1) is 11.1. The van der Waals surface area contributed by atoms with Crippen LogP contribution in [0.3, 0.4) is 0 Å². The Hall–Kier alpha value is -1.36. The molecule has 1 aromatic rings. The second kappa shape index (κ2) is 4.65. The van der Waals surface area contributed by atoms with Gasteiger partial charge in [-0.15, -0.1) is 0 Å². The molecule has 1 amide bonds. The summed E-state index contributed by atoms with van der Waals surface area (Å²) in [7, 11) is 0. The van der Waals surface area contributed by atoms with Gasteiger partial charge in [-0.3, -0.25) is 4.79 Å². The molecule has 0 bridgehead atoms. The van der Waals surface area contributed by atoms with Crippen LogP contribution in [0.25, 0.3) is 0 Å². The number of aromatic nitrogens is 1. The SMILES string of the molecule is Cc1cnc(C(=O)N2CCC(CO)CC2)o1. The van der Waals surface area contributed by atoms with E-state index in [-0.39, 0.29) is 18.4 Å². The predicted molar refractivity (Wildman–Crippen MR) is 57.0 cm³/mol. The maximum absolute atomic E-state index is 11.9. The van der Waals surface area contributed by atoms with Crippen LogP contribution in [0.5, 0.6) is 0 Å². The Bertz CT molecular complexity index is 367. The lowest BCUT2D eigenvalue weighted by molar-refractivity contribution is 0.0611. The van der Waals surface area contributed by atoms with E-state index in [4.69, 9.17) is 9.52 Å². The van der Waals surface area contributed by atoms with E-state index in [1.807, 2.05) is 0 Å². The van der Waals surface area contributed by atoms with Crippen LogP contribution in [0.1, 0.15) is 29.3 Å². The highest BCUT2D eigenvalue weighted by Crippen LogP contribution is 2.18. The molecular weight excluding hydrogens is 208 g/mol. The predicted octanol–water partition coefficient (Wildman–Crippen LogP) is 0.828. The van der Waals surface area contributed by atoms with Crippen LogP contribution in [-0.4, -0.2) is 40.6 Å². The fourth-order valence-corrected chi connectivity index (χ4v) is 1.91. The molecular formula is C11H16N2O3. The summed E-state index contributed by atoms with van der Waals surface area (Å²) in [5.41, 5.74) is 0. The summed E-state index contributed by atoms with van der Waals surface area (Å²) in [5.74, 6) is 0.994. The number of aliphatic hydroxyl groups is 1. The van der Waals surface area contributed by atoms with Gasteiger partial charge in [0.05, 0.1) is 6.20 Å². The summed E-state index contributed by atoms with van der Waals surface area (Å²) in [5, 5.41) is 9.00. The number of nitrogens with zero attached hydrogens (tertiary/aromatic N) is 2. The number of hydrogen-bond donors (Lipinski definition) is 1. The van der Waals surface area contributed by atoms with E-state index >= 15 is 0 Å². The van der Waals surface area contributed by atoms with Gasteiger partial charge in [-0.2, -0.15) is 0 Å². The molecule has 1 aromatic heterocycles. The third-order valence-electron chi connectivity index (χ3n) is 2.96. The topological polar surface area (TPSA) is 66.6 Å². The monoisotopic (exact) mass is 224 g/mol. The van der Waals surface area contributed by atoms with Gasteiger partial charge in [0.25, 0.3) is 5.89 Å². The Balaban J connectivity index is 1.96. The van der Waals surface area contributed by atoms with E-state index in [1.165, 1.54) is 0 Å². The highest BCUT2D eigenvalue weighted by Gasteiger charge is 2.25. The van der Waals surface area contributed by atoms with Gasteiger partial charge in [0, 0.05) is 19.7 Å². The minimum Gasteiger partial charge on any atom is -0.438 e. The van der Waals surface area contributed by atoms with Gasteiger partial charge in [0.15, 0.2) is 0 Å². The molecule has 2 heterocycles. The van der Waals surface area contributed by atoms with Gasteiger partial charge in [-0.05, 0) is 25.7 Å². The van der Waals surface area contributed by atoms with Gasteiger partial charge in [0.2, 0.25) is 0 Å². The minimum atomic E-state index is -0.149. The molecule has 1 N–H and O–H groups in total. The number of likely N-dealkylation sites (tertiary alicyclic amines) is 1. The molecule has 16 heavy (non-hydrogen) atoms. The number of hydrogen-bond acceptors (Lipinski definition) is 4. The number of piperidine rings is 1. The van der Waals surface area contributed by atoms with Crippen LogP contribution in [-0.2, 0) is 0 Å². The number of aryl methyl sites for hydroxylation is 1. The van der Waals surface area contributed by atoms with Gasteiger partial charge < -0.3 is 14.4 Å². The summed E-state index contributed by atoms with van der Waals surface area (Å²) in [6, 6.07) is 0. The first-order valence-corrected chi connectivity index (χ1v) is 5.53. The number of oxazole rings is 1. The van der Waals surface area contributed by atoms with Crippen LogP contribution in [0.2, 0.25) is 0 Å². The van der Waals surface area contributed by atoms with Crippen molar-refractivity contribution in [3.63, 3.8) is 0 Å². The number of amides is 1. The molecule has 0 aromatic carbocycles. The van der Waals surface area contributed by atoms with E-state index in [2.05, 4.69) is 4.98 Å². The summed E-state index contributed by atoms with van der Waals surface area (Å²) >= 11 is 0. The van der Waals surface area contributed by atoms with Crippen molar-refractivity contribution in [3.8, 4) is 0 Å². The van der Waals surface area contributed by atoms with Crippen molar-refractivity contribution in [2.24, 2.45) is 5.92 Å². The van der Waals surface area contributed by atoms with Crippen molar-refractivity contribution in [2.45, 2.75) is 19.8 Å². The molecule has 0 spiro atoms. The Labute approximate surface area is 94.1 Å². The maximum atomic E-state index is 11.9. The molecule has 1 saturated heterocycles. The average Bonchev–Trinajstić information content (AvgIpc) is 2.75. The van der Waals surface area contributed by atoms with Gasteiger partial charge in [0.1, 0.15) is 5.76 Å². The number of aliphatic hydroxyl groups excluding tert-OH is 1. The summed E-state index contributed by atoms with van der Waals surface area (Å²) in [6.07, 6.45) is 3.25. The molecule has 88 valence electrons. The molecule has 0 atom stereocenters. The lowest BCUT2D eigenvalue weighted by Gasteiger charge is -2.30. The van der Waals surface area contributed by atoms with E-state index in [0.717, 1.165) is 12.8 Å². The molecule has 1 fully saturated rings. The molecule has 2 rings (SSSR count). The molecule has 5 nitrogen and oxygen atoms in total. The summed E-state index contributed by atoms with van der Waals surface area (Å²) < 4.78 is 5.20. The molecule has 0 radical (unpaired) electrons. The van der Waals surface area contributed by atoms with E-state index in [0.29, 0.717) is 24.8 Å². The molecule has 0 aliphatic carbocycles. The third-order valence-corrected chi connectivity index (χ3v) is 2.96. The van der Waals surface area contributed by atoms with Crippen LogP contribution in [0.15, 0.2) is 10.6 Å². The Morgan fingerprint density at radius 1 is 1.62 bits per heavy atom. The lowest BCUT2D eigenvalue weighted by Crippen LogP contribution is -2.39. The van der Waals surface area contributed by atoms with Crippen molar-refractivity contribution in [3.05, 3.63) is 17.8 Å².